The molecule has 2 rings (SSSR count). The summed E-state index contributed by atoms with van der Waals surface area (Å²) in [6.45, 7) is 2.16. The topological polar surface area (TPSA) is 68.5 Å². The van der Waals surface area contributed by atoms with Crippen molar-refractivity contribution in [3.8, 4) is 0 Å². The van der Waals surface area contributed by atoms with Gasteiger partial charge in [0, 0.05) is 6.20 Å². The van der Waals surface area contributed by atoms with Gasteiger partial charge in [0.1, 0.15) is 12.2 Å². The van der Waals surface area contributed by atoms with Gasteiger partial charge < -0.3 is 9.94 Å². The Hall–Kier alpha value is -2.56. The lowest BCUT2D eigenvalue weighted by atomic mass is 10.1. The second-order valence-corrected chi connectivity index (χ2v) is 4.12. The van der Waals surface area contributed by atoms with E-state index < -0.39 is 11.5 Å². The third-order valence-electron chi connectivity index (χ3n) is 2.60. The number of hydrogen-bond donors (Lipinski definition) is 1. The van der Waals surface area contributed by atoms with Crippen LogP contribution in [-0.2, 0) is 6.61 Å². The molecule has 19 heavy (non-hydrogen) atoms. The van der Waals surface area contributed by atoms with E-state index in [1.165, 1.54) is 18.3 Å². The number of benzene rings is 1. The fraction of sp³-hybridized carbons (Fsp3) is 0.143. The predicted octanol–water partition coefficient (Wildman–Crippen LogP) is 1.48. The van der Waals surface area contributed by atoms with E-state index in [4.69, 9.17) is 9.94 Å². The van der Waals surface area contributed by atoms with Crippen LogP contribution in [0.5, 0.6) is 0 Å². The Balaban J connectivity index is 2.19. The molecule has 2 aromatic rings. The van der Waals surface area contributed by atoms with Crippen molar-refractivity contribution in [3.05, 3.63) is 69.6 Å². The Bertz CT molecular complexity index is 660. The van der Waals surface area contributed by atoms with Crippen molar-refractivity contribution in [2.75, 3.05) is 0 Å². The maximum atomic E-state index is 11.8. The van der Waals surface area contributed by atoms with Crippen molar-refractivity contribution >= 4 is 5.97 Å². The maximum Gasteiger partial charge on any atom is 0.341 e. The fourth-order valence-electron chi connectivity index (χ4n) is 1.69. The average molecular weight is 259 g/mol. The lowest BCUT2D eigenvalue weighted by molar-refractivity contribution is 0.0668. The molecule has 0 radical (unpaired) electrons. The molecule has 0 bridgehead atoms. The van der Waals surface area contributed by atoms with Gasteiger partial charge in [-0.15, -0.1) is 0 Å². The molecule has 0 saturated carbocycles. The quantitative estimate of drug-likeness (QED) is 0.903. The molecule has 0 aliphatic rings. The van der Waals surface area contributed by atoms with Gasteiger partial charge in [-0.2, -0.15) is 4.73 Å². The largest absolute Gasteiger partial charge is 0.477 e. The Kier molecular flexibility index (Phi) is 3.66. The zero-order valence-corrected chi connectivity index (χ0v) is 10.4. The normalized spacial score (nSPS) is 10.2. The second-order valence-electron chi connectivity index (χ2n) is 4.12. The van der Waals surface area contributed by atoms with E-state index in [9.17, 15) is 9.59 Å². The highest BCUT2D eigenvalue weighted by molar-refractivity contribution is 5.86. The monoisotopic (exact) mass is 259 g/mol. The lowest BCUT2D eigenvalue weighted by Gasteiger charge is -2.09. The summed E-state index contributed by atoms with van der Waals surface area (Å²) in [5.41, 5.74) is 1.01. The van der Waals surface area contributed by atoms with Crippen LogP contribution >= 0.6 is 0 Å². The smallest absolute Gasteiger partial charge is 0.341 e. The summed E-state index contributed by atoms with van der Waals surface area (Å²) in [6.07, 6.45) is 1.39. The van der Waals surface area contributed by atoms with Crippen molar-refractivity contribution in [1.82, 2.24) is 4.73 Å². The molecule has 0 fully saturated rings. The molecule has 1 N–H and O–H groups in total. The van der Waals surface area contributed by atoms with Crippen LogP contribution in [0, 0.1) is 6.92 Å². The zero-order chi connectivity index (χ0) is 13.8. The summed E-state index contributed by atoms with van der Waals surface area (Å²) in [5, 5.41) is 8.84. The van der Waals surface area contributed by atoms with Crippen LogP contribution in [0.4, 0.5) is 0 Å². The fourth-order valence-corrected chi connectivity index (χ4v) is 1.69. The Labute approximate surface area is 109 Å². The first-order chi connectivity index (χ1) is 9.08. The second kappa shape index (κ2) is 5.39. The first-order valence-electron chi connectivity index (χ1n) is 5.72. The first-order valence-corrected chi connectivity index (χ1v) is 5.72. The molecule has 5 nitrogen and oxygen atoms in total. The van der Waals surface area contributed by atoms with Crippen LogP contribution < -0.4 is 10.4 Å². The van der Waals surface area contributed by atoms with Crippen LogP contribution in [0.15, 0.2) is 47.4 Å². The SMILES string of the molecule is Cc1cccc(COn2cccc(C(=O)O)c2=O)c1. The van der Waals surface area contributed by atoms with Gasteiger partial charge in [0.25, 0.3) is 5.56 Å². The molecular formula is C14H13NO4. The number of carboxylic acids is 1. The van der Waals surface area contributed by atoms with Crippen LogP contribution in [-0.4, -0.2) is 15.8 Å². The van der Waals surface area contributed by atoms with Gasteiger partial charge in [0.05, 0.1) is 0 Å². The van der Waals surface area contributed by atoms with Crippen LogP contribution in [0.1, 0.15) is 21.5 Å². The molecule has 98 valence electrons. The maximum absolute atomic E-state index is 11.8. The number of nitrogens with zero attached hydrogens (tertiary/aromatic N) is 1. The number of pyridine rings is 1. The highest BCUT2D eigenvalue weighted by Crippen LogP contribution is 2.04. The van der Waals surface area contributed by atoms with Crippen molar-refractivity contribution in [3.63, 3.8) is 0 Å². The third-order valence-corrected chi connectivity index (χ3v) is 2.60. The number of aromatic carboxylic acids is 1. The number of carboxylic acid groups (broad SMARTS) is 1. The van der Waals surface area contributed by atoms with Gasteiger partial charge in [0.15, 0.2) is 0 Å². The Morgan fingerprint density at radius 3 is 2.79 bits per heavy atom. The summed E-state index contributed by atoms with van der Waals surface area (Å²) in [7, 11) is 0. The average Bonchev–Trinajstić information content (AvgIpc) is 2.37. The summed E-state index contributed by atoms with van der Waals surface area (Å²) in [6, 6.07) is 10.4. The van der Waals surface area contributed by atoms with Gasteiger partial charge >= 0.3 is 5.97 Å². The molecule has 0 amide bonds. The predicted molar refractivity (Wildman–Crippen MR) is 69.1 cm³/mol. The van der Waals surface area contributed by atoms with Crippen LogP contribution in [0.2, 0.25) is 0 Å². The van der Waals surface area contributed by atoms with Gasteiger partial charge in [0.2, 0.25) is 0 Å². The number of carbonyl (C=O) groups is 1. The van der Waals surface area contributed by atoms with E-state index >= 15 is 0 Å². The summed E-state index contributed by atoms with van der Waals surface area (Å²) >= 11 is 0. The van der Waals surface area contributed by atoms with E-state index in [0.29, 0.717) is 0 Å². The lowest BCUT2D eigenvalue weighted by Crippen LogP contribution is -2.30. The van der Waals surface area contributed by atoms with E-state index in [0.717, 1.165) is 15.9 Å². The minimum absolute atomic E-state index is 0.199. The van der Waals surface area contributed by atoms with Gasteiger partial charge in [-0.05, 0) is 24.6 Å². The molecule has 0 spiro atoms. The highest BCUT2D eigenvalue weighted by Gasteiger charge is 2.10. The molecule has 0 aliphatic heterocycles. The summed E-state index contributed by atoms with van der Waals surface area (Å²) in [4.78, 5) is 27.9. The highest BCUT2D eigenvalue weighted by atomic mass is 16.7. The first kappa shape index (κ1) is 12.9. The molecule has 0 saturated heterocycles. The van der Waals surface area contributed by atoms with Crippen molar-refractivity contribution in [1.29, 1.82) is 0 Å². The molecule has 1 aromatic heterocycles. The molecule has 1 aromatic carbocycles. The molecule has 5 heteroatoms. The molecule has 0 aliphatic carbocycles. The Morgan fingerprint density at radius 2 is 2.11 bits per heavy atom. The molecular weight excluding hydrogens is 246 g/mol. The van der Waals surface area contributed by atoms with Crippen LogP contribution in [0.25, 0.3) is 0 Å². The number of aromatic nitrogens is 1. The molecule has 0 atom stereocenters. The van der Waals surface area contributed by atoms with E-state index in [-0.39, 0.29) is 12.2 Å². The molecule has 1 heterocycles. The number of rotatable bonds is 4. The van der Waals surface area contributed by atoms with Gasteiger partial charge in [-0.25, -0.2) is 4.79 Å². The van der Waals surface area contributed by atoms with E-state index in [1.54, 1.807) is 0 Å². The summed E-state index contributed by atoms with van der Waals surface area (Å²) in [5.74, 6) is -1.27. The van der Waals surface area contributed by atoms with Gasteiger partial charge in [-0.3, -0.25) is 4.79 Å². The van der Waals surface area contributed by atoms with E-state index in [1.807, 2.05) is 31.2 Å². The standard InChI is InChI=1S/C14H13NO4/c1-10-4-2-5-11(8-10)9-19-15-7-3-6-12(13(15)16)14(17)18/h2-8H,9H2,1H3,(H,17,18). The Morgan fingerprint density at radius 1 is 1.32 bits per heavy atom. The minimum Gasteiger partial charge on any atom is -0.477 e. The van der Waals surface area contributed by atoms with Gasteiger partial charge in [-0.1, -0.05) is 29.8 Å². The van der Waals surface area contributed by atoms with Crippen molar-refractivity contribution < 1.29 is 14.7 Å². The number of aryl methyl sites for hydroxylation is 1. The zero-order valence-electron chi connectivity index (χ0n) is 10.4. The van der Waals surface area contributed by atoms with Crippen LogP contribution in [0.3, 0.4) is 0 Å². The van der Waals surface area contributed by atoms with Crippen molar-refractivity contribution in [2.24, 2.45) is 0 Å². The molecule has 0 unspecified atom stereocenters. The van der Waals surface area contributed by atoms with E-state index in [2.05, 4.69) is 0 Å². The minimum atomic E-state index is -1.27. The third kappa shape index (κ3) is 3.01. The summed E-state index contributed by atoms with van der Waals surface area (Å²) < 4.78 is 0.936. The number of hydrogen-bond acceptors (Lipinski definition) is 3. The van der Waals surface area contributed by atoms with Crippen molar-refractivity contribution in [2.45, 2.75) is 13.5 Å².